The molecular formula is C88H124Br2O6. The number of fused-ring (bicyclic) bond motifs is 2. The van der Waals surface area contributed by atoms with Crippen molar-refractivity contribution in [2.45, 2.75) is 298 Å². The average Bonchev–Trinajstić information content (AvgIpc) is 0.756. The SMILES string of the molecule is CCCCCCCCCCCCOc1cc(COc2ccc(-c3ccc4c(Br)c5cc(-c6ccc(OCc7cc(OCCCCCCCCCCCC)cc(OCCCCCCCCCCCC)c7)cc6)ccc5c(Br)c4c3)cc2)cc(OCCCCCCCCCCCC)c1. The first kappa shape index (κ1) is 78.2. The quantitative estimate of drug-likeness (QED) is 0.0280. The molecule has 0 aliphatic rings. The van der Waals surface area contributed by atoms with E-state index in [1.807, 2.05) is 0 Å². The molecule has 6 nitrogen and oxygen atoms in total. The average molecular weight is 1440 g/mol. The van der Waals surface area contributed by atoms with Crippen molar-refractivity contribution in [3.8, 4) is 56.8 Å². The third kappa shape index (κ3) is 30.1. The predicted octanol–water partition coefficient (Wildman–Crippen LogP) is 29.2. The number of hydrogen-bond acceptors (Lipinski definition) is 6. The van der Waals surface area contributed by atoms with E-state index < -0.39 is 0 Å². The normalized spacial score (nSPS) is 11.5. The van der Waals surface area contributed by atoms with Crippen molar-refractivity contribution in [3.05, 3.63) is 141 Å². The second-order valence-corrected chi connectivity index (χ2v) is 29.1. The van der Waals surface area contributed by atoms with Crippen LogP contribution >= 0.6 is 31.9 Å². The van der Waals surface area contributed by atoms with E-state index in [0.717, 1.165) is 150 Å². The van der Waals surface area contributed by atoms with E-state index in [1.54, 1.807) is 0 Å². The molecule has 0 amide bonds. The molecule has 0 radical (unpaired) electrons. The third-order valence-electron chi connectivity index (χ3n) is 19.1. The van der Waals surface area contributed by atoms with E-state index in [9.17, 15) is 0 Å². The van der Waals surface area contributed by atoms with Gasteiger partial charge in [-0.3, -0.25) is 0 Å². The number of ether oxygens (including phenoxy) is 6. The van der Waals surface area contributed by atoms with Crippen LogP contribution in [0.1, 0.15) is 296 Å². The molecule has 0 atom stereocenters. The highest BCUT2D eigenvalue weighted by molar-refractivity contribution is 9.11. The number of hydrogen-bond donors (Lipinski definition) is 0. The summed E-state index contributed by atoms with van der Waals surface area (Å²) in [6, 6.07) is 43.1. The summed E-state index contributed by atoms with van der Waals surface area (Å²) in [7, 11) is 0. The maximum atomic E-state index is 6.47. The Bertz CT molecular complexity index is 2870. The number of rotatable bonds is 56. The second kappa shape index (κ2) is 48.5. The van der Waals surface area contributed by atoms with E-state index >= 15 is 0 Å². The monoisotopic (exact) mass is 1430 g/mol. The summed E-state index contributed by atoms with van der Waals surface area (Å²) in [4.78, 5) is 0. The van der Waals surface area contributed by atoms with E-state index in [2.05, 4.69) is 181 Å². The predicted molar refractivity (Wildman–Crippen MR) is 419 cm³/mol. The molecule has 7 aromatic rings. The van der Waals surface area contributed by atoms with Gasteiger partial charge in [0.05, 0.1) is 26.4 Å². The fraction of sp³-hybridized carbons (Fsp3) is 0.568. The lowest BCUT2D eigenvalue weighted by molar-refractivity contribution is 0.282. The molecule has 96 heavy (non-hydrogen) atoms. The molecule has 0 aliphatic heterocycles. The van der Waals surface area contributed by atoms with Gasteiger partial charge in [0.15, 0.2) is 0 Å². The van der Waals surface area contributed by atoms with Gasteiger partial charge in [-0.2, -0.15) is 0 Å². The molecule has 0 spiro atoms. The molecule has 0 saturated carbocycles. The first-order valence-electron chi connectivity index (χ1n) is 39.0. The smallest absolute Gasteiger partial charge is 0.123 e. The Hall–Kier alpha value is -5.18. The third-order valence-corrected chi connectivity index (χ3v) is 20.8. The van der Waals surface area contributed by atoms with Crippen LogP contribution in [0.15, 0.2) is 130 Å². The van der Waals surface area contributed by atoms with Crippen LogP contribution in [0.3, 0.4) is 0 Å². The molecule has 7 aromatic carbocycles. The maximum absolute atomic E-state index is 6.47. The molecule has 0 bridgehead atoms. The highest BCUT2D eigenvalue weighted by atomic mass is 79.9. The summed E-state index contributed by atoms with van der Waals surface area (Å²) in [5, 5.41) is 4.62. The van der Waals surface area contributed by atoms with E-state index in [4.69, 9.17) is 28.4 Å². The lowest BCUT2D eigenvalue weighted by atomic mass is 9.96. The zero-order chi connectivity index (χ0) is 67.3. The lowest BCUT2D eigenvalue weighted by Crippen LogP contribution is -2.03. The van der Waals surface area contributed by atoms with Gasteiger partial charge in [0.2, 0.25) is 0 Å². The zero-order valence-electron chi connectivity index (χ0n) is 60.3. The highest BCUT2D eigenvalue weighted by Gasteiger charge is 2.15. The largest absolute Gasteiger partial charge is 0.493 e. The van der Waals surface area contributed by atoms with Crippen molar-refractivity contribution in [3.63, 3.8) is 0 Å². The molecular weight excluding hydrogens is 1310 g/mol. The Balaban J connectivity index is 0.924. The van der Waals surface area contributed by atoms with Crippen LogP contribution in [-0.4, -0.2) is 26.4 Å². The molecule has 0 N–H and O–H groups in total. The molecule has 0 aliphatic carbocycles. The summed E-state index contributed by atoms with van der Waals surface area (Å²) in [6.07, 6.45) is 52.3. The van der Waals surface area contributed by atoms with Gasteiger partial charge < -0.3 is 28.4 Å². The summed E-state index contributed by atoms with van der Waals surface area (Å²) in [5.74, 6) is 5.10. The van der Waals surface area contributed by atoms with Crippen LogP contribution in [0.5, 0.6) is 34.5 Å². The van der Waals surface area contributed by atoms with Gasteiger partial charge in [0, 0.05) is 21.1 Å². The van der Waals surface area contributed by atoms with Crippen LogP contribution in [0.25, 0.3) is 43.8 Å². The fourth-order valence-corrected chi connectivity index (χ4v) is 14.5. The first-order valence-corrected chi connectivity index (χ1v) is 40.5. The van der Waals surface area contributed by atoms with Crippen molar-refractivity contribution in [1.29, 1.82) is 0 Å². The van der Waals surface area contributed by atoms with Gasteiger partial charge in [-0.1, -0.05) is 307 Å². The Morgan fingerprint density at radius 1 is 0.208 bits per heavy atom. The standard InChI is InChI=1S/C88H124Br2O6/c1-5-9-13-17-21-25-29-33-37-41-57-91-79-61-71(62-80(67-79)92-58-42-38-34-30-26-22-18-14-10-6-2)69-95-77-51-45-73(46-52-77)75-49-55-83-85(65-75)87(89)84-56-50-76(66-86(84)88(83)90)74-47-53-78(54-48-74)96-70-72-63-81(93-59-43-39-35-31-27-23-19-15-11-7-3)68-82(64-72)94-60-44-40-36-32-28-24-20-16-12-8-4/h45-56,61-68H,5-44,57-60,69-70H2,1-4H3. The zero-order valence-corrected chi connectivity index (χ0v) is 63.5. The van der Waals surface area contributed by atoms with Gasteiger partial charge in [0.1, 0.15) is 47.7 Å². The topological polar surface area (TPSA) is 55.4 Å². The van der Waals surface area contributed by atoms with E-state index in [0.29, 0.717) is 13.2 Å². The van der Waals surface area contributed by atoms with Gasteiger partial charge >= 0.3 is 0 Å². The highest BCUT2D eigenvalue weighted by Crippen LogP contribution is 2.43. The molecule has 7 rings (SSSR count). The van der Waals surface area contributed by atoms with Gasteiger partial charge in [0.25, 0.3) is 0 Å². The van der Waals surface area contributed by atoms with Gasteiger partial charge in [-0.25, -0.2) is 0 Å². The molecule has 0 saturated heterocycles. The first-order chi connectivity index (χ1) is 47.3. The number of unbranched alkanes of at least 4 members (excludes halogenated alkanes) is 36. The lowest BCUT2D eigenvalue weighted by Gasteiger charge is -2.15. The second-order valence-electron chi connectivity index (χ2n) is 27.5. The Morgan fingerprint density at radius 3 is 0.688 bits per heavy atom. The molecule has 8 heteroatoms. The number of benzene rings is 7. The van der Waals surface area contributed by atoms with Crippen LogP contribution < -0.4 is 28.4 Å². The van der Waals surface area contributed by atoms with Crippen LogP contribution in [-0.2, 0) is 13.2 Å². The van der Waals surface area contributed by atoms with Crippen molar-refractivity contribution in [2.24, 2.45) is 0 Å². The van der Waals surface area contributed by atoms with Crippen molar-refractivity contribution >= 4 is 53.4 Å². The van der Waals surface area contributed by atoms with E-state index in [1.165, 1.54) is 231 Å². The molecule has 0 unspecified atom stereocenters. The Morgan fingerprint density at radius 2 is 0.438 bits per heavy atom. The Labute approximate surface area is 600 Å². The van der Waals surface area contributed by atoms with Gasteiger partial charge in [-0.05, 0) is 173 Å². The summed E-state index contributed by atoms with van der Waals surface area (Å²) >= 11 is 8.14. The Kier molecular flexibility index (Phi) is 39.5. The minimum Gasteiger partial charge on any atom is -0.493 e. The van der Waals surface area contributed by atoms with Gasteiger partial charge in [-0.15, -0.1) is 0 Å². The van der Waals surface area contributed by atoms with Crippen molar-refractivity contribution in [1.82, 2.24) is 0 Å². The van der Waals surface area contributed by atoms with Crippen molar-refractivity contribution < 1.29 is 28.4 Å². The molecule has 526 valence electrons. The minimum absolute atomic E-state index is 0.428. The minimum atomic E-state index is 0.428. The van der Waals surface area contributed by atoms with Crippen LogP contribution in [0, 0.1) is 0 Å². The van der Waals surface area contributed by atoms with E-state index in [-0.39, 0.29) is 0 Å². The molecule has 0 aromatic heterocycles. The summed E-state index contributed by atoms with van der Waals surface area (Å²) < 4.78 is 40.7. The fourth-order valence-electron chi connectivity index (χ4n) is 13.2. The van der Waals surface area contributed by atoms with Crippen LogP contribution in [0.2, 0.25) is 0 Å². The maximum Gasteiger partial charge on any atom is 0.123 e. The summed E-state index contributed by atoms with van der Waals surface area (Å²) in [6.45, 7) is 12.9. The summed E-state index contributed by atoms with van der Waals surface area (Å²) in [5.41, 5.74) is 6.65. The molecule has 0 fully saturated rings. The van der Waals surface area contributed by atoms with Crippen LogP contribution in [0.4, 0.5) is 0 Å². The van der Waals surface area contributed by atoms with Crippen molar-refractivity contribution in [2.75, 3.05) is 26.4 Å². The number of halogens is 2. The molecule has 0 heterocycles.